The van der Waals surface area contributed by atoms with Gasteiger partial charge in [0.25, 0.3) is 0 Å². The van der Waals surface area contributed by atoms with Gasteiger partial charge in [0, 0.05) is 37.1 Å². The van der Waals surface area contributed by atoms with Crippen LogP contribution in [0.1, 0.15) is 17.0 Å². The van der Waals surface area contributed by atoms with Crippen molar-refractivity contribution >= 4 is 22.6 Å². The van der Waals surface area contributed by atoms with Crippen LogP contribution in [0.2, 0.25) is 0 Å². The van der Waals surface area contributed by atoms with E-state index < -0.39 is 0 Å². The van der Waals surface area contributed by atoms with Gasteiger partial charge in [-0.25, -0.2) is 4.79 Å². The molecule has 0 aliphatic rings. The van der Waals surface area contributed by atoms with Crippen LogP contribution in [0.5, 0.6) is 5.75 Å². The number of ether oxygens (including phenoxy) is 1. The van der Waals surface area contributed by atoms with Gasteiger partial charge in [-0.05, 0) is 36.9 Å². The molecule has 0 radical (unpaired) electrons. The Morgan fingerprint density at radius 2 is 2.08 bits per heavy atom. The van der Waals surface area contributed by atoms with E-state index in [1.165, 1.54) is 0 Å². The number of carbonyl (C=O) groups is 1. The number of methoxy groups -OCH3 is 1. The number of aromatic amines is 1. The lowest BCUT2D eigenvalue weighted by molar-refractivity contribution is 0.220. The number of carbonyl (C=O) groups excluding carboxylic acids is 1. The van der Waals surface area contributed by atoms with Gasteiger partial charge < -0.3 is 19.9 Å². The molecule has 0 spiro atoms. The third kappa shape index (κ3) is 3.57. The largest absolute Gasteiger partial charge is 0.494 e. The smallest absolute Gasteiger partial charge is 0.322 e. The molecule has 0 atom stereocenters. The van der Waals surface area contributed by atoms with Crippen molar-refractivity contribution in [2.24, 2.45) is 0 Å². The number of nitrogens with zero attached hydrogens (tertiary/aromatic N) is 2. The molecule has 2 N–H and O–H groups in total. The van der Waals surface area contributed by atoms with Gasteiger partial charge in [-0.1, -0.05) is 12.1 Å². The highest BCUT2D eigenvalue weighted by Gasteiger charge is 2.15. The van der Waals surface area contributed by atoms with Gasteiger partial charge in [-0.2, -0.15) is 0 Å². The molecule has 2 amide bonds. The molecule has 6 nitrogen and oxygen atoms in total. The number of benzene rings is 1. The second-order valence-electron chi connectivity index (χ2n) is 6.11. The maximum atomic E-state index is 12.6. The fourth-order valence-corrected chi connectivity index (χ4v) is 2.85. The van der Waals surface area contributed by atoms with Crippen LogP contribution in [0, 0.1) is 13.8 Å². The van der Waals surface area contributed by atoms with E-state index in [-0.39, 0.29) is 6.03 Å². The van der Waals surface area contributed by atoms with Crippen molar-refractivity contribution in [1.29, 1.82) is 0 Å². The molecule has 0 aliphatic heterocycles. The number of aromatic nitrogens is 2. The first-order valence-corrected chi connectivity index (χ1v) is 8.08. The fraction of sp³-hybridized carbons (Fsp3) is 0.263. The van der Waals surface area contributed by atoms with E-state index in [9.17, 15) is 4.79 Å². The third-order valence-corrected chi connectivity index (χ3v) is 4.13. The Hall–Kier alpha value is -3.02. The van der Waals surface area contributed by atoms with Gasteiger partial charge in [0.05, 0.1) is 12.8 Å². The van der Waals surface area contributed by atoms with Crippen LogP contribution >= 0.6 is 0 Å². The first kappa shape index (κ1) is 16.8. The fourth-order valence-electron chi connectivity index (χ4n) is 2.85. The van der Waals surface area contributed by atoms with Gasteiger partial charge in [-0.3, -0.25) is 4.98 Å². The summed E-state index contributed by atoms with van der Waals surface area (Å²) in [5.41, 5.74) is 4.29. The predicted molar refractivity (Wildman–Crippen MR) is 99.0 cm³/mol. The number of H-pyrrole nitrogens is 1. The third-order valence-electron chi connectivity index (χ3n) is 4.13. The molecule has 0 unspecified atom stereocenters. The second kappa shape index (κ2) is 6.84. The molecule has 2 aromatic heterocycles. The predicted octanol–water partition coefficient (Wildman–Crippen LogP) is 3.85. The van der Waals surface area contributed by atoms with Crippen LogP contribution in [-0.4, -0.2) is 35.1 Å². The Bertz CT molecular complexity index is 917. The standard InChI is InChI=1S/C19H22N4O2/c1-12-9-17(25-4)18(13(2)21-12)22-19(24)23(3)11-14-5-6-15-7-8-20-16(15)10-14/h5-10,20H,11H2,1-4H3,(H,22,24). The summed E-state index contributed by atoms with van der Waals surface area (Å²) in [6, 6.07) is 9.75. The average Bonchev–Trinajstić information content (AvgIpc) is 3.04. The lowest BCUT2D eigenvalue weighted by Gasteiger charge is -2.20. The van der Waals surface area contributed by atoms with E-state index >= 15 is 0 Å². The molecular weight excluding hydrogens is 316 g/mol. The number of aryl methyl sites for hydroxylation is 2. The Balaban J connectivity index is 1.74. The molecule has 2 heterocycles. The number of urea groups is 1. The Labute approximate surface area is 146 Å². The quantitative estimate of drug-likeness (QED) is 0.759. The summed E-state index contributed by atoms with van der Waals surface area (Å²) in [7, 11) is 3.34. The monoisotopic (exact) mass is 338 g/mol. The van der Waals surface area contributed by atoms with Gasteiger partial charge in [0.1, 0.15) is 11.4 Å². The maximum absolute atomic E-state index is 12.6. The van der Waals surface area contributed by atoms with E-state index in [0.717, 1.165) is 27.9 Å². The minimum Gasteiger partial charge on any atom is -0.494 e. The summed E-state index contributed by atoms with van der Waals surface area (Å²) in [4.78, 5) is 21.8. The normalized spacial score (nSPS) is 10.7. The number of rotatable bonds is 4. The molecule has 0 bridgehead atoms. The lowest BCUT2D eigenvalue weighted by atomic mass is 10.1. The Morgan fingerprint density at radius 1 is 1.28 bits per heavy atom. The number of anilines is 1. The molecule has 0 aliphatic carbocycles. The van der Waals surface area contributed by atoms with E-state index in [2.05, 4.69) is 21.4 Å². The van der Waals surface area contributed by atoms with E-state index in [0.29, 0.717) is 18.0 Å². The maximum Gasteiger partial charge on any atom is 0.322 e. The van der Waals surface area contributed by atoms with Gasteiger partial charge in [0.2, 0.25) is 0 Å². The van der Waals surface area contributed by atoms with Crippen LogP contribution in [0.25, 0.3) is 10.9 Å². The number of hydrogen-bond acceptors (Lipinski definition) is 3. The minimum absolute atomic E-state index is 0.210. The van der Waals surface area contributed by atoms with Crippen molar-refractivity contribution in [3.8, 4) is 5.75 Å². The second-order valence-corrected chi connectivity index (χ2v) is 6.11. The summed E-state index contributed by atoms with van der Waals surface area (Å²) in [6.07, 6.45) is 1.91. The summed E-state index contributed by atoms with van der Waals surface area (Å²) < 4.78 is 5.37. The topological polar surface area (TPSA) is 70.2 Å². The van der Waals surface area contributed by atoms with Crippen molar-refractivity contribution in [3.63, 3.8) is 0 Å². The van der Waals surface area contributed by atoms with E-state index in [1.54, 1.807) is 19.1 Å². The number of pyridine rings is 1. The van der Waals surface area contributed by atoms with Crippen LogP contribution in [-0.2, 0) is 6.54 Å². The highest BCUT2D eigenvalue weighted by Crippen LogP contribution is 2.28. The lowest BCUT2D eigenvalue weighted by Crippen LogP contribution is -2.31. The van der Waals surface area contributed by atoms with Crippen molar-refractivity contribution < 1.29 is 9.53 Å². The molecule has 0 saturated heterocycles. The van der Waals surface area contributed by atoms with Gasteiger partial charge in [0.15, 0.2) is 0 Å². The summed E-state index contributed by atoms with van der Waals surface area (Å²) in [5.74, 6) is 0.611. The van der Waals surface area contributed by atoms with E-state index in [1.807, 2.05) is 44.3 Å². The van der Waals surface area contributed by atoms with E-state index in [4.69, 9.17) is 4.74 Å². The van der Waals surface area contributed by atoms with Crippen molar-refractivity contribution in [2.75, 3.05) is 19.5 Å². The zero-order valence-electron chi connectivity index (χ0n) is 14.9. The summed E-state index contributed by atoms with van der Waals surface area (Å²) >= 11 is 0. The molecule has 1 aromatic carbocycles. The zero-order chi connectivity index (χ0) is 18.0. The minimum atomic E-state index is -0.210. The molecule has 6 heteroatoms. The summed E-state index contributed by atoms with van der Waals surface area (Å²) in [6.45, 7) is 4.25. The van der Waals surface area contributed by atoms with Crippen LogP contribution in [0.4, 0.5) is 10.5 Å². The first-order chi connectivity index (χ1) is 12.0. The van der Waals surface area contributed by atoms with Gasteiger partial charge >= 0.3 is 6.03 Å². The molecule has 0 fully saturated rings. The highest BCUT2D eigenvalue weighted by molar-refractivity contribution is 5.91. The molecular formula is C19H22N4O2. The zero-order valence-corrected chi connectivity index (χ0v) is 14.9. The van der Waals surface area contributed by atoms with Crippen molar-refractivity contribution in [1.82, 2.24) is 14.9 Å². The first-order valence-electron chi connectivity index (χ1n) is 8.08. The highest BCUT2D eigenvalue weighted by atomic mass is 16.5. The van der Waals surface area contributed by atoms with Gasteiger partial charge in [-0.15, -0.1) is 0 Å². The number of amides is 2. The molecule has 3 rings (SSSR count). The molecule has 3 aromatic rings. The number of fused-ring (bicyclic) bond motifs is 1. The van der Waals surface area contributed by atoms with Crippen molar-refractivity contribution in [3.05, 3.63) is 53.5 Å². The van der Waals surface area contributed by atoms with Crippen LogP contribution in [0.15, 0.2) is 36.5 Å². The number of hydrogen-bond donors (Lipinski definition) is 2. The van der Waals surface area contributed by atoms with Crippen molar-refractivity contribution in [2.45, 2.75) is 20.4 Å². The van der Waals surface area contributed by atoms with Crippen LogP contribution in [0.3, 0.4) is 0 Å². The molecule has 25 heavy (non-hydrogen) atoms. The molecule has 0 saturated carbocycles. The Kier molecular flexibility index (Phi) is 4.61. The SMILES string of the molecule is COc1cc(C)nc(C)c1NC(=O)N(C)Cc1ccc2cc[nH]c2c1. The average molecular weight is 338 g/mol. The summed E-state index contributed by atoms with van der Waals surface area (Å²) in [5, 5.41) is 4.06. The molecule has 130 valence electrons. The van der Waals surface area contributed by atoms with Crippen LogP contribution < -0.4 is 10.1 Å². The Morgan fingerprint density at radius 3 is 2.84 bits per heavy atom. The number of nitrogens with one attached hydrogen (secondary N) is 2.